The molecule has 208 valence electrons. The van der Waals surface area contributed by atoms with Crippen molar-refractivity contribution in [3.8, 4) is 0 Å². The maximum atomic E-state index is 12.8. The maximum absolute atomic E-state index is 12.8. The number of hydrogen-bond acceptors (Lipinski definition) is 6. The van der Waals surface area contributed by atoms with Crippen molar-refractivity contribution in [2.24, 2.45) is 0 Å². The first-order valence-corrected chi connectivity index (χ1v) is 13.0. The van der Waals surface area contributed by atoms with Gasteiger partial charge in [0.2, 0.25) is 0 Å². The van der Waals surface area contributed by atoms with E-state index in [0.29, 0.717) is 45.4 Å². The van der Waals surface area contributed by atoms with Gasteiger partial charge in [-0.3, -0.25) is 0 Å². The second-order valence-electron chi connectivity index (χ2n) is 9.98. The van der Waals surface area contributed by atoms with Crippen molar-refractivity contribution in [3.05, 3.63) is 71.8 Å². The third kappa shape index (κ3) is 13.0. The summed E-state index contributed by atoms with van der Waals surface area (Å²) in [6.07, 6.45) is 0.626. The van der Waals surface area contributed by atoms with Crippen LogP contribution < -0.4 is 5.32 Å². The monoisotopic (exact) mass is 527 g/mol. The molecule has 0 aliphatic rings. The van der Waals surface area contributed by atoms with Crippen molar-refractivity contribution in [1.29, 1.82) is 0 Å². The van der Waals surface area contributed by atoms with Gasteiger partial charge in [0.15, 0.2) is 0 Å². The van der Waals surface area contributed by atoms with Crippen LogP contribution in [0.1, 0.15) is 51.2 Å². The van der Waals surface area contributed by atoms with Crippen molar-refractivity contribution in [1.82, 2.24) is 15.1 Å². The van der Waals surface area contributed by atoms with Gasteiger partial charge in [-0.15, -0.1) is 0 Å². The predicted octanol–water partition coefficient (Wildman–Crippen LogP) is 5.59. The summed E-state index contributed by atoms with van der Waals surface area (Å²) in [5, 5.41) is 2.72. The molecule has 0 aliphatic heterocycles. The Morgan fingerprint density at radius 3 is 1.84 bits per heavy atom. The van der Waals surface area contributed by atoms with E-state index in [1.165, 1.54) is 4.90 Å². The van der Waals surface area contributed by atoms with Crippen LogP contribution >= 0.6 is 0 Å². The average molecular weight is 528 g/mol. The highest BCUT2D eigenvalue weighted by molar-refractivity contribution is 5.68. The van der Waals surface area contributed by atoms with Crippen molar-refractivity contribution >= 4 is 18.3 Å². The number of alkyl carbamates (subject to hydrolysis) is 1. The van der Waals surface area contributed by atoms with Crippen molar-refractivity contribution in [2.75, 3.05) is 33.2 Å². The minimum absolute atomic E-state index is 0.182. The zero-order valence-corrected chi connectivity index (χ0v) is 23.0. The summed E-state index contributed by atoms with van der Waals surface area (Å²) in [5.74, 6) is 0. The van der Waals surface area contributed by atoms with Gasteiger partial charge >= 0.3 is 18.3 Å². The highest BCUT2D eigenvalue weighted by Gasteiger charge is 2.20. The van der Waals surface area contributed by atoms with E-state index < -0.39 is 17.8 Å². The van der Waals surface area contributed by atoms with Gasteiger partial charge in [-0.05, 0) is 51.2 Å². The van der Waals surface area contributed by atoms with E-state index in [0.717, 1.165) is 11.1 Å². The highest BCUT2D eigenvalue weighted by Crippen LogP contribution is 2.10. The molecule has 38 heavy (non-hydrogen) atoms. The molecule has 9 heteroatoms. The van der Waals surface area contributed by atoms with E-state index in [1.807, 2.05) is 81.4 Å². The summed E-state index contributed by atoms with van der Waals surface area (Å²) in [4.78, 5) is 40.1. The first-order chi connectivity index (χ1) is 18.1. The summed E-state index contributed by atoms with van der Waals surface area (Å²) in [5.41, 5.74) is 1.27. The van der Waals surface area contributed by atoms with E-state index in [1.54, 1.807) is 11.9 Å². The van der Waals surface area contributed by atoms with Crippen LogP contribution in [0, 0.1) is 0 Å². The van der Waals surface area contributed by atoms with Crippen LogP contribution in [0.5, 0.6) is 0 Å². The first-order valence-electron chi connectivity index (χ1n) is 13.0. The van der Waals surface area contributed by atoms with Gasteiger partial charge in [-0.1, -0.05) is 60.7 Å². The van der Waals surface area contributed by atoms with Crippen LogP contribution in [0.4, 0.5) is 14.4 Å². The van der Waals surface area contributed by atoms with E-state index in [2.05, 4.69) is 5.32 Å². The Bertz CT molecular complexity index is 979. The molecule has 0 atom stereocenters. The highest BCUT2D eigenvalue weighted by atomic mass is 16.6. The first kappa shape index (κ1) is 30.5. The van der Waals surface area contributed by atoms with Crippen molar-refractivity contribution < 1.29 is 28.6 Å². The Morgan fingerprint density at radius 2 is 1.26 bits per heavy atom. The second-order valence-corrected chi connectivity index (χ2v) is 9.98. The fraction of sp³-hybridized carbons (Fsp3) is 0.483. The van der Waals surface area contributed by atoms with Crippen LogP contribution in [-0.4, -0.2) is 66.9 Å². The Hall–Kier alpha value is -3.75. The van der Waals surface area contributed by atoms with Crippen LogP contribution in [0.25, 0.3) is 0 Å². The fourth-order valence-electron chi connectivity index (χ4n) is 3.42. The molecule has 0 heterocycles. The van der Waals surface area contributed by atoms with Gasteiger partial charge in [0.05, 0.1) is 0 Å². The quantitative estimate of drug-likeness (QED) is 0.269. The van der Waals surface area contributed by atoms with Crippen LogP contribution in [0.3, 0.4) is 0 Å². The molecule has 0 aromatic heterocycles. The lowest BCUT2D eigenvalue weighted by atomic mass is 10.2. The zero-order valence-electron chi connectivity index (χ0n) is 23.0. The predicted molar refractivity (Wildman–Crippen MR) is 146 cm³/mol. The summed E-state index contributed by atoms with van der Waals surface area (Å²) < 4.78 is 16.1. The van der Waals surface area contributed by atoms with Crippen molar-refractivity contribution in [2.45, 2.75) is 58.8 Å². The minimum Gasteiger partial charge on any atom is -0.445 e. The molecule has 0 saturated heterocycles. The summed E-state index contributed by atoms with van der Waals surface area (Å²) in [6.45, 7) is 7.61. The molecule has 0 bridgehead atoms. The molecule has 0 aliphatic carbocycles. The molecular weight excluding hydrogens is 486 g/mol. The van der Waals surface area contributed by atoms with E-state index >= 15 is 0 Å². The lowest BCUT2D eigenvalue weighted by Crippen LogP contribution is -2.37. The lowest BCUT2D eigenvalue weighted by Gasteiger charge is -2.25. The number of rotatable bonds is 13. The van der Waals surface area contributed by atoms with E-state index in [-0.39, 0.29) is 19.3 Å². The topological polar surface area (TPSA) is 97.4 Å². The Labute approximate surface area is 226 Å². The molecule has 0 unspecified atom stereocenters. The molecule has 9 nitrogen and oxygen atoms in total. The number of nitrogens with zero attached hydrogens (tertiary/aromatic N) is 2. The molecule has 1 N–H and O–H groups in total. The zero-order chi connectivity index (χ0) is 27.8. The van der Waals surface area contributed by atoms with Crippen LogP contribution in [-0.2, 0) is 27.4 Å². The summed E-state index contributed by atoms with van der Waals surface area (Å²) in [6, 6.07) is 18.9. The van der Waals surface area contributed by atoms with Gasteiger partial charge < -0.3 is 29.3 Å². The number of carbonyl (C=O) groups is 3. The van der Waals surface area contributed by atoms with Crippen LogP contribution in [0.2, 0.25) is 0 Å². The molecule has 0 fully saturated rings. The van der Waals surface area contributed by atoms with Gasteiger partial charge in [-0.25, -0.2) is 14.4 Å². The van der Waals surface area contributed by atoms with Gasteiger partial charge in [0.25, 0.3) is 0 Å². The summed E-state index contributed by atoms with van der Waals surface area (Å²) >= 11 is 0. The van der Waals surface area contributed by atoms with E-state index in [9.17, 15) is 14.4 Å². The number of unbranched alkanes of at least 4 members (excludes halogenated alkanes) is 1. The van der Waals surface area contributed by atoms with Gasteiger partial charge in [-0.2, -0.15) is 0 Å². The Morgan fingerprint density at radius 1 is 0.737 bits per heavy atom. The average Bonchev–Trinajstić information content (AvgIpc) is 2.89. The number of nitrogens with one attached hydrogen (secondary N) is 1. The fourth-order valence-corrected chi connectivity index (χ4v) is 3.42. The lowest BCUT2D eigenvalue weighted by molar-refractivity contribution is 0.0294. The van der Waals surface area contributed by atoms with Gasteiger partial charge in [0, 0.05) is 33.2 Å². The molecule has 2 rings (SSSR count). The Kier molecular flexibility index (Phi) is 13.0. The third-order valence-electron chi connectivity index (χ3n) is 5.43. The molecule has 0 radical (unpaired) electrons. The molecule has 3 amide bonds. The standard InChI is InChI=1S/C29H41N3O6/c1-29(2,3)38-27(34)31(4)19-11-12-20-32(28(35)37-23-25-16-9-6-10-17-25)21-13-18-30-26(33)36-22-24-14-7-5-8-15-24/h5-10,14-17H,11-13,18-23H2,1-4H3,(H,30,33). The number of ether oxygens (including phenoxy) is 3. The largest absolute Gasteiger partial charge is 0.445 e. The number of carbonyl (C=O) groups excluding carboxylic acids is 3. The molecular formula is C29H41N3O6. The minimum atomic E-state index is -0.549. The summed E-state index contributed by atoms with van der Waals surface area (Å²) in [7, 11) is 1.70. The molecule has 2 aromatic rings. The normalized spacial score (nSPS) is 10.8. The number of amides is 3. The second kappa shape index (κ2) is 16.2. The maximum Gasteiger partial charge on any atom is 0.410 e. The smallest absolute Gasteiger partial charge is 0.410 e. The number of benzene rings is 2. The van der Waals surface area contributed by atoms with Crippen LogP contribution in [0.15, 0.2) is 60.7 Å². The molecule has 0 spiro atoms. The number of hydrogen-bond donors (Lipinski definition) is 1. The van der Waals surface area contributed by atoms with E-state index in [4.69, 9.17) is 14.2 Å². The Balaban J connectivity index is 1.77. The third-order valence-corrected chi connectivity index (χ3v) is 5.43. The molecule has 2 aromatic carbocycles. The molecule has 0 saturated carbocycles. The SMILES string of the molecule is CN(CCCCN(CCCNC(=O)OCc1ccccc1)C(=O)OCc1ccccc1)C(=O)OC(C)(C)C. The van der Waals surface area contributed by atoms with Gasteiger partial charge in [0.1, 0.15) is 18.8 Å². The van der Waals surface area contributed by atoms with Crippen molar-refractivity contribution in [3.63, 3.8) is 0 Å².